The average Bonchev–Trinajstić information content (AvgIpc) is 3.19. The zero-order valence-electron chi connectivity index (χ0n) is 20.2. The van der Waals surface area contributed by atoms with Crippen LogP contribution >= 0.6 is 27.7 Å². The number of aliphatic imine (C=N–C) groups is 1. The summed E-state index contributed by atoms with van der Waals surface area (Å²) >= 11 is 4.46. The number of esters is 1. The summed E-state index contributed by atoms with van der Waals surface area (Å²) in [5.41, 5.74) is 3.11. The van der Waals surface area contributed by atoms with Crippen molar-refractivity contribution in [3.8, 4) is 5.75 Å². The van der Waals surface area contributed by atoms with Crippen molar-refractivity contribution in [1.82, 2.24) is 0 Å². The molecule has 3 aromatic carbocycles. The molecular formula is C29H24BrNO5S. The van der Waals surface area contributed by atoms with Gasteiger partial charge in [-0.3, -0.25) is 4.79 Å². The number of carbonyl (C=O) groups is 2. The Morgan fingerprint density at radius 1 is 1.00 bits per heavy atom. The smallest absolute Gasteiger partial charge is 0.344 e. The first kappa shape index (κ1) is 26.4. The van der Waals surface area contributed by atoms with Gasteiger partial charge < -0.3 is 14.6 Å². The second kappa shape index (κ2) is 12.1. The van der Waals surface area contributed by atoms with Crippen LogP contribution in [-0.2, 0) is 16.1 Å². The molecule has 0 bridgehead atoms. The van der Waals surface area contributed by atoms with Gasteiger partial charge in [-0.2, -0.15) is 0 Å². The summed E-state index contributed by atoms with van der Waals surface area (Å²) in [7, 11) is 0. The van der Waals surface area contributed by atoms with Crippen molar-refractivity contribution in [2.45, 2.75) is 20.5 Å². The Labute approximate surface area is 227 Å². The maximum absolute atomic E-state index is 12.7. The molecule has 0 aliphatic carbocycles. The third kappa shape index (κ3) is 6.78. The Balaban J connectivity index is 1.54. The van der Waals surface area contributed by atoms with Crippen LogP contribution in [0.4, 0.5) is 0 Å². The number of thioether (sulfide) groups is 1. The van der Waals surface area contributed by atoms with E-state index in [-0.39, 0.29) is 23.0 Å². The first-order valence-corrected chi connectivity index (χ1v) is 13.1. The highest BCUT2D eigenvalue weighted by Gasteiger charge is 2.33. The first-order chi connectivity index (χ1) is 17.8. The van der Waals surface area contributed by atoms with E-state index >= 15 is 0 Å². The van der Waals surface area contributed by atoms with Crippen molar-refractivity contribution in [3.05, 3.63) is 116 Å². The molecule has 0 fully saturated rings. The molecule has 1 aliphatic heterocycles. The topological polar surface area (TPSA) is 85.2 Å². The van der Waals surface area contributed by atoms with Gasteiger partial charge in [-0.1, -0.05) is 69.7 Å². The number of ether oxygens (including phenoxy) is 2. The average molecular weight is 578 g/mol. The second-order valence-corrected chi connectivity index (χ2v) is 10.1. The maximum atomic E-state index is 12.7. The molecule has 1 aliphatic rings. The van der Waals surface area contributed by atoms with Gasteiger partial charge in [-0.25, -0.2) is 9.79 Å². The Kier molecular flexibility index (Phi) is 8.63. The molecular weight excluding hydrogens is 554 g/mol. The van der Waals surface area contributed by atoms with Crippen molar-refractivity contribution in [3.63, 3.8) is 0 Å². The molecule has 0 saturated carbocycles. The number of hydrogen-bond donors (Lipinski definition) is 1. The minimum Gasteiger partial charge on any atom is -0.506 e. The predicted octanol–water partition coefficient (Wildman–Crippen LogP) is 7.04. The van der Waals surface area contributed by atoms with Crippen molar-refractivity contribution < 1.29 is 24.2 Å². The number of carbonyl (C=O) groups excluding carboxylic acids is 2. The fourth-order valence-corrected chi connectivity index (χ4v) is 4.68. The summed E-state index contributed by atoms with van der Waals surface area (Å²) in [4.78, 5) is 29.8. The summed E-state index contributed by atoms with van der Waals surface area (Å²) < 4.78 is 12.0. The van der Waals surface area contributed by atoms with E-state index in [4.69, 9.17) is 9.47 Å². The molecule has 6 nitrogen and oxygen atoms in total. The van der Waals surface area contributed by atoms with E-state index in [0.29, 0.717) is 22.8 Å². The molecule has 0 saturated heterocycles. The van der Waals surface area contributed by atoms with E-state index in [1.165, 1.54) is 0 Å². The number of rotatable bonds is 7. The number of aliphatic hydroxyl groups is 1. The zero-order valence-corrected chi connectivity index (χ0v) is 22.6. The molecule has 0 unspecified atom stereocenters. The number of nitrogens with zero attached hydrogens (tertiary/aromatic N) is 1. The molecule has 0 spiro atoms. The lowest BCUT2D eigenvalue weighted by Gasteiger charge is -2.07. The highest BCUT2D eigenvalue weighted by Crippen LogP contribution is 2.39. The van der Waals surface area contributed by atoms with Crippen LogP contribution < -0.4 is 4.74 Å². The monoisotopic (exact) mass is 577 g/mol. The largest absolute Gasteiger partial charge is 0.506 e. The van der Waals surface area contributed by atoms with Gasteiger partial charge in [0.25, 0.3) is 5.91 Å². The number of aryl methyl sites for hydroxylation is 1. The lowest BCUT2D eigenvalue weighted by molar-refractivity contribution is -0.138. The summed E-state index contributed by atoms with van der Waals surface area (Å²) in [5, 5.41) is 11.0. The van der Waals surface area contributed by atoms with Gasteiger partial charge in [0.15, 0.2) is 0 Å². The summed E-state index contributed by atoms with van der Waals surface area (Å²) in [6, 6.07) is 22.2. The van der Waals surface area contributed by atoms with E-state index in [9.17, 15) is 14.7 Å². The minimum absolute atomic E-state index is 0.0993. The Hall–Kier alpha value is -3.62. The number of halogens is 1. The van der Waals surface area contributed by atoms with Gasteiger partial charge in [0.2, 0.25) is 0 Å². The lowest BCUT2D eigenvalue weighted by Crippen LogP contribution is -2.14. The Bertz CT molecular complexity index is 1390. The molecule has 4 rings (SSSR count). The van der Waals surface area contributed by atoms with Gasteiger partial charge >= 0.3 is 5.97 Å². The fraction of sp³-hybridized carbons (Fsp3) is 0.138. The third-order valence-electron chi connectivity index (χ3n) is 5.37. The molecule has 0 radical (unpaired) electrons. The molecule has 188 valence electrons. The van der Waals surface area contributed by atoms with Crippen LogP contribution in [0.15, 0.2) is 98.5 Å². The maximum Gasteiger partial charge on any atom is 0.344 e. The van der Waals surface area contributed by atoms with Crippen LogP contribution in [0, 0.1) is 6.92 Å². The summed E-state index contributed by atoms with van der Waals surface area (Å²) in [6.45, 7) is 4.15. The SMILES string of the molecule is CCOC(=O)C1=C(O)/C(=C/c2ccc(OCc3ccc(Br)cc3)cc2)SC1=NC(=O)c1ccc(C)cc1. The van der Waals surface area contributed by atoms with Crippen LogP contribution in [-0.4, -0.2) is 28.6 Å². The molecule has 8 heteroatoms. The summed E-state index contributed by atoms with van der Waals surface area (Å²) in [6.07, 6.45) is 1.72. The van der Waals surface area contributed by atoms with E-state index < -0.39 is 11.9 Å². The van der Waals surface area contributed by atoms with Crippen LogP contribution in [0.1, 0.15) is 34.0 Å². The second-order valence-electron chi connectivity index (χ2n) is 8.13. The van der Waals surface area contributed by atoms with Crippen molar-refractivity contribution in [2.24, 2.45) is 4.99 Å². The van der Waals surface area contributed by atoms with Gasteiger partial charge in [-0.15, -0.1) is 0 Å². The highest BCUT2D eigenvalue weighted by molar-refractivity contribution is 9.10. The third-order valence-corrected chi connectivity index (χ3v) is 6.92. The predicted molar refractivity (Wildman–Crippen MR) is 150 cm³/mol. The van der Waals surface area contributed by atoms with Crippen LogP contribution in [0.25, 0.3) is 6.08 Å². The van der Waals surface area contributed by atoms with Crippen molar-refractivity contribution >= 4 is 50.7 Å². The highest BCUT2D eigenvalue weighted by atomic mass is 79.9. The quantitative estimate of drug-likeness (QED) is 0.303. The number of hydrogen-bond acceptors (Lipinski definition) is 6. The summed E-state index contributed by atoms with van der Waals surface area (Å²) in [5.74, 6) is -0.815. The molecule has 1 N–H and O–H groups in total. The van der Waals surface area contributed by atoms with E-state index in [1.54, 1.807) is 25.1 Å². The first-order valence-electron chi connectivity index (χ1n) is 11.5. The van der Waals surface area contributed by atoms with Crippen LogP contribution in [0.3, 0.4) is 0 Å². The van der Waals surface area contributed by atoms with E-state index in [1.807, 2.05) is 67.6 Å². The lowest BCUT2D eigenvalue weighted by atomic mass is 10.1. The van der Waals surface area contributed by atoms with Crippen LogP contribution in [0.5, 0.6) is 5.75 Å². The van der Waals surface area contributed by atoms with Crippen molar-refractivity contribution in [1.29, 1.82) is 0 Å². The fourth-order valence-electron chi connectivity index (χ4n) is 3.40. The minimum atomic E-state index is -0.733. The van der Waals surface area contributed by atoms with Gasteiger partial charge in [0.1, 0.15) is 28.7 Å². The van der Waals surface area contributed by atoms with E-state index in [2.05, 4.69) is 20.9 Å². The van der Waals surface area contributed by atoms with E-state index in [0.717, 1.165) is 32.9 Å². The zero-order chi connectivity index (χ0) is 26.4. The normalized spacial score (nSPS) is 15.3. The number of amides is 1. The van der Waals surface area contributed by atoms with Gasteiger partial charge in [-0.05, 0) is 67.4 Å². The molecule has 0 atom stereocenters. The standard InChI is InChI=1S/C29H24BrNO5S/c1-3-35-29(34)25-26(32)24(37-28(25)31-27(33)21-10-4-18(2)5-11-21)16-19-8-14-23(15-9-19)36-17-20-6-12-22(30)13-7-20/h4-16,32H,3,17H2,1-2H3/b24-16-,31-28?. The van der Waals surface area contributed by atoms with Gasteiger partial charge in [0.05, 0.1) is 11.5 Å². The van der Waals surface area contributed by atoms with Crippen LogP contribution in [0.2, 0.25) is 0 Å². The molecule has 1 amide bonds. The molecule has 3 aromatic rings. The number of benzene rings is 3. The molecule has 1 heterocycles. The Morgan fingerprint density at radius 2 is 1.68 bits per heavy atom. The van der Waals surface area contributed by atoms with Gasteiger partial charge in [0, 0.05) is 10.0 Å². The van der Waals surface area contributed by atoms with Crippen molar-refractivity contribution in [2.75, 3.05) is 6.61 Å². The Morgan fingerprint density at radius 3 is 2.32 bits per heavy atom. The molecule has 37 heavy (non-hydrogen) atoms. The number of aliphatic hydroxyl groups excluding tert-OH is 1. The molecule has 0 aromatic heterocycles.